The largest absolute Gasteiger partial charge is 0.477 e. The molecule has 2 aromatic heterocycles. The fraction of sp³-hybridized carbons (Fsp3) is 0.450. The number of likely N-dealkylation sites (tertiary alicyclic amines) is 1. The van der Waals surface area contributed by atoms with E-state index in [1.807, 2.05) is 29.2 Å². The van der Waals surface area contributed by atoms with Crippen LogP contribution in [0.2, 0.25) is 0 Å². The zero-order chi connectivity index (χ0) is 17.8. The predicted molar refractivity (Wildman–Crippen MR) is 95.9 cm³/mol. The molecule has 2 aliphatic heterocycles. The molecule has 6 heteroatoms. The van der Waals surface area contributed by atoms with E-state index in [2.05, 4.69) is 9.97 Å². The Balaban J connectivity index is 1.52. The van der Waals surface area contributed by atoms with Gasteiger partial charge in [0, 0.05) is 49.8 Å². The minimum atomic E-state index is -0.189. The minimum Gasteiger partial charge on any atom is -0.477 e. The molecule has 2 aromatic rings. The summed E-state index contributed by atoms with van der Waals surface area (Å²) in [5.41, 5.74) is 0.440. The van der Waals surface area contributed by atoms with E-state index >= 15 is 0 Å². The van der Waals surface area contributed by atoms with Crippen LogP contribution >= 0.6 is 0 Å². The van der Waals surface area contributed by atoms with Crippen molar-refractivity contribution < 1.29 is 14.3 Å². The molecule has 4 heterocycles. The Morgan fingerprint density at radius 3 is 3.08 bits per heavy atom. The van der Waals surface area contributed by atoms with Gasteiger partial charge in [-0.15, -0.1) is 0 Å². The number of rotatable bonds is 4. The molecule has 2 saturated heterocycles. The van der Waals surface area contributed by atoms with Gasteiger partial charge in [0.25, 0.3) is 5.91 Å². The molecule has 26 heavy (non-hydrogen) atoms. The highest BCUT2D eigenvalue weighted by Crippen LogP contribution is 2.40. The number of hydrogen-bond donors (Lipinski definition) is 0. The summed E-state index contributed by atoms with van der Waals surface area (Å²) >= 11 is 0. The molecule has 0 unspecified atom stereocenters. The van der Waals surface area contributed by atoms with Crippen LogP contribution in [0, 0.1) is 5.41 Å². The van der Waals surface area contributed by atoms with Crippen LogP contribution in [0.1, 0.15) is 29.6 Å². The number of pyridine rings is 2. The molecule has 1 amide bonds. The quantitative estimate of drug-likeness (QED) is 0.845. The van der Waals surface area contributed by atoms with Crippen LogP contribution in [0.4, 0.5) is 0 Å². The SMILES string of the molecule is O=C(c1cccnc1)N1CC[C@H]2OCCC[C@]2(COc2ccccn2)C1. The highest BCUT2D eigenvalue weighted by atomic mass is 16.5. The first-order chi connectivity index (χ1) is 12.8. The van der Waals surface area contributed by atoms with E-state index in [1.165, 1.54) is 0 Å². The standard InChI is InChI=1S/C20H23N3O3/c24-19(16-5-3-9-21-13-16)23-11-7-17-20(14-23,8-4-12-25-17)15-26-18-6-1-2-10-22-18/h1-3,5-6,9-10,13,17H,4,7-8,11-12,14-15H2/t17-,20-/m1/s1. The zero-order valence-electron chi connectivity index (χ0n) is 14.7. The van der Waals surface area contributed by atoms with E-state index in [0.717, 1.165) is 25.9 Å². The van der Waals surface area contributed by atoms with Gasteiger partial charge in [0.15, 0.2) is 0 Å². The van der Waals surface area contributed by atoms with Crippen molar-refractivity contribution in [1.29, 1.82) is 0 Å². The lowest BCUT2D eigenvalue weighted by atomic mass is 9.73. The normalized spacial score (nSPS) is 25.4. The molecular formula is C20H23N3O3. The molecule has 0 bridgehead atoms. The third-order valence-corrected chi connectivity index (χ3v) is 5.33. The molecule has 0 radical (unpaired) electrons. The molecule has 136 valence electrons. The summed E-state index contributed by atoms with van der Waals surface area (Å²) in [6.45, 7) is 2.63. The van der Waals surface area contributed by atoms with Crippen molar-refractivity contribution in [2.45, 2.75) is 25.4 Å². The fourth-order valence-electron chi connectivity index (χ4n) is 4.00. The molecule has 0 aromatic carbocycles. The highest BCUT2D eigenvalue weighted by Gasteiger charge is 2.47. The number of hydrogen-bond acceptors (Lipinski definition) is 5. The average molecular weight is 353 g/mol. The average Bonchev–Trinajstić information content (AvgIpc) is 2.73. The highest BCUT2D eigenvalue weighted by molar-refractivity contribution is 5.94. The lowest BCUT2D eigenvalue weighted by Gasteiger charge is -2.50. The van der Waals surface area contributed by atoms with Gasteiger partial charge >= 0.3 is 0 Å². The van der Waals surface area contributed by atoms with Crippen molar-refractivity contribution in [2.75, 3.05) is 26.3 Å². The second-order valence-corrected chi connectivity index (χ2v) is 7.04. The summed E-state index contributed by atoms with van der Waals surface area (Å²) in [6.07, 6.45) is 7.96. The van der Waals surface area contributed by atoms with Crippen molar-refractivity contribution in [3.8, 4) is 5.88 Å². The number of amides is 1. The number of piperidine rings is 1. The van der Waals surface area contributed by atoms with Crippen molar-refractivity contribution in [2.24, 2.45) is 5.41 Å². The Morgan fingerprint density at radius 1 is 1.31 bits per heavy atom. The van der Waals surface area contributed by atoms with Crippen LogP contribution in [0.15, 0.2) is 48.9 Å². The van der Waals surface area contributed by atoms with Gasteiger partial charge in [0.05, 0.1) is 18.3 Å². The number of carbonyl (C=O) groups excluding carboxylic acids is 1. The monoisotopic (exact) mass is 353 g/mol. The van der Waals surface area contributed by atoms with Gasteiger partial charge in [0.2, 0.25) is 5.88 Å². The smallest absolute Gasteiger partial charge is 0.255 e. The molecule has 2 aliphatic rings. The topological polar surface area (TPSA) is 64.6 Å². The maximum atomic E-state index is 12.9. The molecule has 0 spiro atoms. The summed E-state index contributed by atoms with van der Waals surface area (Å²) in [5.74, 6) is 0.640. The van der Waals surface area contributed by atoms with Gasteiger partial charge in [-0.25, -0.2) is 4.98 Å². The maximum absolute atomic E-state index is 12.9. The first kappa shape index (κ1) is 17.0. The van der Waals surface area contributed by atoms with Crippen LogP contribution in [0.3, 0.4) is 0 Å². The second kappa shape index (κ2) is 7.41. The number of ether oxygens (including phenoxy) is 2. The van der Waals surface area contributed by atoms with Crippen LogP contribution in [0.5, 0.6) is 5.88 Å². The summed E-state index contributed by atoms with van der Waals surface area (Å²) < 4.78 is 12.1. The van der Waals surface area contributed by atoms with Gasteiger partial charge < -0.3 is 14.4 Å². The van der Waals surface area contributed by atoms with E-state index in [0.29, 0.717) is 31.1 Å². The lowest BCUT2D eigenvalue weighted by Crippen LogP contribution is -2.58. The Labute approximate surface area is 153 Å². The summed E-state index contributed by atoms with van der Waals surface area (Å²) in [4.78, 5) is 23.1. The summed E-state index contributed by atoms with van der Waals surface area (Å²) in [6, 6.07) is 9.25. The number of nitrogens with zero attached hydrogens (tertiary/aromatic N) is 3. The van der Waals surface area contributed by atoms with E-state index in [4.69, 9.17) is 9.47 Å². The molecule has 0 aliphatic carbocycles. The van der Waals surface area contributed by atoms with Crippen molar-refractivity contribution in [3.63, 3.8) is 0 Å². The summed E-state index contributed by atoms with van der Waals surface area (Å²) in [7, 11) is 0. The first-order valence-corrected chi connectivity index (χ1v) is 9.12. The van der Waals surface area contributed by atoms with Crippen molar-refractivity contribution in [3.05, 3.63) is 54.5 Å². The molecule has 4 rings (SSSR count). The fourth-order valence-corrected chi connectivity index (χ4v) is 4.00. The van der Waals surface area contributed by atoms with E-state index < -0.39 is 0 Å². The van der Waals surface area contributed by atoms with Gasteiger partial charge in [-0.2, -0.15) is 0 Å². The van der Waals surface area contributed by atoms with Gasteiger partial charge in [0.1, 0.15) is 0 Å². The predicted octanol–water partition coefficient (Wildman–Crippen LogP) is 2.57. The van der Waals surface area contributed by atoms with E-state index in [1.54, 1.807) is 24.7 Å². The molecule has 2 fully saturated rings. The number of aromatic nitrogens is 2. The van der Waals surface area contributed by atoms with Crippen molar-refractivity contribution >= 4 is 5.91 Å². The zero-order valence-corrected chi connectivity index (χ0v) is 14.7. The lowest BCUT2D eigenvalue weighted by molar-refractivity contribution is -0.133. The molecular weight excluding hydrogens is 330 g/mol. The Kier molecular flexibility index (Phi) is 4.84. The Hall–Kier alpha value is -2.47. The molecule has 0 N–H and O–H groups in total. The van der Waals surface area contributed by atoms with Crippen LogP contribution in [-0.2, 0) is 4.74 Å². The third kappa shape index (κ3) is 3.42. The van der Waals surface area contributed by atoms with Crippen LogP contribution in [0.25, 0.3) is 0 Å². The van der Waals surface area contributed by atoms with Crippen LogP contribution in [-0.4, -0.2) is 53.2 Å². The number of carbonyl (C=O) groups is 1. The maximum Gasteiger partial charge on any atom is 0.255 e. The van der Waals surface area contributed by atoms with Crippen molar-refractivity contribution in [1.82, 2.24) is 14.9 Å². The molecule has 2 atom stereocenters. The van der Waals surface area contributed by atoms with E-state index in [-0.39, 0.29) is 17.4 Å². The number of fused-ring (bicyclic) bond motifs is 1. The molecule has 6 nitrogen and oxygen atoms in total. The van der Waals surface area contributed by atoms with E-state index in [9.17, 15) is 4.79 Å². The van der Waals surface area contributed by atoms with Gasteiger partial charge in [-0.1, -0.05) is 6.07 Å². The van der Waals surface area contributed by atoms with Gasteiger partial charge in [-0.3, -0.25) is 9.78 Å². The first-order valence-electron chi connectivity index (χ1n) is 9.12. The van der Waals surface area contributed by atoms with Gasteiger partial charge in [-0.05, 0) is 37.5 Å². The Morgan fingerprint density at radius 2 is 2.27 bits per heavy atom. The third-order valence-electron chi connectivity index (χ3n) is 5.33. The Bertz CT molecular complexity index is 740. The van der Waals surface area contributed by atoms with Crippen LogP contribution < -0.4 is 4.74 Å². The minimum absolute atomic E-state index is 0.0272. The second-order valence-electron chi connectivity index (χ2n) is 7.04. The molecule has 0 saturated carbocycles. The summed E-state index contributed by atoms with van der Waals surface area (Å²) in [5, 5.41) is 0.